The number of amides is 1. The number of carbonyl (C=O) groups excluding carboxylic acids is 1. The number of hydrogen-bond acceptors (Lipinski definition) is 5. The average molecular weight is 454 g/mol. The van der Waals surface area contributed by atoms with Gasteiger partial charge in [-0.25, -0.2) is 8.42 Å². The lowest BCUT2D eigenvalue weighted by atomic mass is 10.0. The van der Waals surface area contributed by atoms with E-state index in [-0.39, 0.29) is 22.3 Å². The van der Waals surface area contributed by atoms with Crippen molar-refractivity contribution in [3.8, 4) is 0 Å². The number of nitrogens with one attached hydrogen (secondary N) is 1. The minimum atomic E-state index is -4.15. The first-order valence-electron chi connectivity index (χ1n) is 9.99. The summed E-state index contributed by atoms with van der Waals surface area (Å²) in [6.45, 7) is 1.39. The highest BCUT2D eigenvalue weighted by Gasteiger charge is 2.28. The highest BCUT2D eigenvalue weighted by Crippen LogP contribution is 2.27. The fraction of sp³-hybridized carbons (Fsp3) is 0.174. The minimum Gasteiger partial charge on any atom is -0.348 e. The zero-order valence-electron chi connectivity index (χ0n) is 17.4. The van der Waals surface area contributed by atoms with Gasteiger partial charge in [-0.05, 0) is 30.2 Å². The van der Waals surface area contributed by atoms with Crippen LogP contribution in [0, 0.1) is 10.1 Å². The van der Waals surface area contributed by atoms with Crippen LogP contribution in [0.2, 0.25) is 0 Å². The Hall–Kier alpha value is -3.72. The van der Waals surface area contributed by atoms with Gasteiger partial charge in [0.25, 0.3) is 15.7 Å². The van der Waals surface area contributed by atoms with Gasteiger partial charge in [-0.2, -0.15) is 0 Å². The molecule has 0 radical (unpaired) electrons. The zero-order valence-corrected chi connectivity index (χ0v) is 18.2. The van der Waals surface area contributed by atoms with Crippen molar-refractivity contribution >= 4 is 27.3 Å². The molecule has 0 aliphatic heterocycles. The molecule has 3 rings (SSSR count). The molecule has 0 heterocycles. The van der Waals surface area contributed by atoms with Gasteiger partial charge < -0.3 is 5.32 Å². The van der Waals surface area contributed by atoms with Gasteiger partial charge >= 0.3 is 0 Å². The van der Waals surface area contributed by atoms with E-state index < -0.39 is 27.4 Å². The van der Waals surface area contributed by atoms with Crippen LogP contribution < -0.4 is 9.62 Å². The van der Waals surface area contributed by atoms with Gasteiger partial charge in [0.1, 0.15) is 6.54 Å². The van der Waals surface area contributed by atoms with Crippen LogP contribution in [-0.2, 0) is 14.8 Å². The molecule has 1 amide bonds. The molecule has 0 aliphatic carbocycles. The van der Waals surface area contributed by atoms with Crippen molar-refractivity contribution in [1.29, 1.82) is 0 Å². The molecule has 0 saturated carbocycles. The van der Waals surface area contributed by atoms with Gasteiger partial charge in [-0.15, -0.1) is 0 Å². The monoisotopic (exact) mass is 453 g/mol. The average Bonchev–Trinajstić information content (AvgIpc) is 2.82. The van der Waals surface area contributed by atoms with Crippen LogP contribution in [0.15, 0.2) is 89.8 Å². The van der Waals surface area contributed by atoms with Gasteiger partial charge in [0.2, 0.25) is 5.91 Å². The van der Waals surface area contributed by atoms with Crippen LogP contribution in [0.1, 0.15) is 24.9 Å². The lowest BCUT2D eigenvalue weighted by molar-refractivity contribution is -0.384. The summed E-state index contributed by atoms with van der Waals surface area (Å²) in [7, 11) is -4.15. The SMILES string of the molecule is CC[C@@H](NC(=O)CN(c1cccc([N+](=O)[O-])c1)S(=O)(=O)c1ccccc1)c1ccccc1. The number of rotatable bonds is 9. The smallest absolute Gasteiger partial charge is 0.271 e. The molecular formula is C23H23N3O5S. The van der Waals surface area contributed by atoms with E-state index in [0.29, 0.717) is 6.42 Å². The highest BCUT2D eigenvalue weighted by molar-refractivity contribution is 7.92. The Balaban J connectivity index is 1.95. The first-order chi connectivity index (χ1) is 15.3. The fourth-order valence-electron chi connectivity index (χ4n) is 3.27. The Kier molecular flexibility index (Phi) is 7.21. The van der Waals surface area contributed by atoms with E-state index in [0.717, 1.165) is 15.9 Å². The molecule has 166 valence electrons. The number of nitrogens with zero attached hydrogens (tertiary/aromatic N) is 2. The topological polar surface area (TPSA) is 110 Å². The number of anilines is 1. The van der Waals surface area contributed by atoms with Crippen molar-refractivity contribution in [2.24, 2.45) is 0 Å². The van der Waals surface area contributed by atoms with Gasteiger partial charge in [-0.1, -0.05) is 61.5 Å². The van der Waals surface area contributed by atoms with Crippen LogP contribution in [-0.4, -0.2) is 25.8 Å². The molecule has 0 aliphatic rings. The van der Waals surface area contributed by atoms with E-state index >= 15 is 0 Å². The molecule has 0 bridgehead atoms. The predicted molar refractivity (Wildman–Crippen MR) is 122 cm³/mol. The Morgan fingerprint density at radius 3 is 2.22 bits per heavy atom. The molecule has 1 atom stereocenters. The Morgan fingerprint density at radius 1 is 1.00 bits per heavy atom. The van der Waals surface area contributed by atoms with Crippen LogP contribution in [0.25, 0.3) is 0 Å². The van der Waals surface area contributed by atoms with Crippen LogP contribution >= 0.6 is 0 Å². The molecule has 1 N–H and O–H groups in total. The summed E-state index contributed by atoms with van der Waals surface area (Å²) in [6, 6.07) is 21.9. The van der Waals surface area contributed by atoms with Crippen molar-refractivity contribution in [1.82, 2.24) is 5.32 Å². The maximum absolute atomic E-state index is 13.4. The van der Waals surface area contributed by atoms with E-state index in [1.165, 1.54) is 30.3 Å². The number of carbonyl (C=O) groups is 1. The predicted octanol–water partition coefficient (Wildman–Crippen LogP) is 4.06. The minimum absolute atomic E-state index is 0.0191. The molecule has 0 spiro atoms. The van der Waals surface area contributed by atoms with E-state index in [1.54, 1.807) is 18.2 Å². The van der Waals surface area contributed by atoms with Crippen LogP contribution in [0.5, 0.6) is 0 Å². The number of hydrogen-bond donors (Lipinski definition) is 1. The summed E-state index contributed by atoms with van der Waals surface area (Å²) in [5, 5.41) is 14.1. The molecule has 0 unspecified atom stereocenters. The van der Waals surface area contributed by atoms with Gasteiger partial charge in [0.15, 0.2) is 0 Å². The normalized spacial score (nSPS) is 12.0. The molecule has 9 heteroatoms. The fourth-order valence-corrected chi connectivity index (χ4v) is 4.71. The van der Waals surface area contributed by atoms with E-state index in [9.17, 15) is 23.3 Å². The molecule has 0 fully saturated rings. The highest BCUT2D eigenvalue weighted by atomic mass is 32.2. The summed E-state index contributed by atoms with van der Waals surface area (Å²) in [6.07, 6.45) is 0.609. The Morgan fingerprint density at radius 2 is 1.62 bits per heavy atom. The Labute approximate surface area is 186 Å². The first-order valence-corrected chi connectivity index (χ1v) is 11.4. The maximum Gasteiger partial charge on any atom is 0.271 e. The molecular weight excluding hydrogens is 430 g/mol. The number of benzene rings is 3. The number of nitro benzene ring substituents is 1. The second-order valence-electron chi connectivity index (χ2n) is 7.04. The molecule has 0 saturated heterocycles. The third-order valence-electron chi connectivity index (χ3n) is 4.89. The Bertz CT molecular complexity index is 1180. The van der Waals surface area contributed by atoms with Gasteiger partial charge in [0, 0.05) is 12.1 Å². The lowest BCUT2D eigenvalue weighted by Gasteiger charge is -2.25. The number of nitro groups is 1. The first kappa shape index (κ1) is 23.0. The maximum atomic E-state index is 13.4. The summed E-state index contributed by atoms with van der Waals surface area (Å²) in [5.41, 5.74) is 0.661. The van der Waals surface area contributed by atoms with Crippen LogP contribution in [0.4, 0.5) is 11.4 Å². The third-order valence-corrected chi connectivity index (χ3v) is 6.68. The second kappa shape index (κ2) is 10.1. The van der Waals surface area contributed by atoms with Crippen molar-refractivity contribution in [2.75, 3.05) is 10.8 Å². The standard InChI is InChI=1S/C23H23N3O5S/c1-2-22(18-10-5-3-6-11-18)24-23(27)17-25(19-12-9-13-20(16-19)26(28)29)32(30,31)21-14-7-4-8-15-21/h3-16,22H,2,17H2,1H3,(H,24,27)/t22-/m1/s1. The number of non-ortho nitro benzene ring substituents is 1. The van der Waals surface area contributed by atoms with Gasteiger partial charge in [-0.3, -0.25) is 19.2 Å². The number of sulfonamides is 1. The van der Waals surface area contributed by atoms with Crippen molar-refractivity contribution in [2.45, 2.75) is 24.3 Å². The second-order valence-corrected chi connectivity index (χ2v) is 8.90. The third kappa shape index (κ3) is 5.30. The summed E-state index contributed by atoms with van der Waals surface area (Å²) < 4.78 is 27.6. The van der Waals surface area contributed by atoms with Crippen molar-refractivity contribution in [3.05, 3.63) is 101 Å². The molecule has 3 aromatic carbocycles. The van der Waals surface area contributed by atoms with Crippen LogP contribution in [0.3, 0.4) is 0 Å². The zero-order chi connectivity index (χ0) is 23.1. The molecule has 0 aromatic heterocycles. The summed E-state index contributed by atoms with van der Waals surface area (Å²) in [4.78, 5) is 23.5. The van der Waals surface area contributed by atoms with Crippen molar-refractivity contribution < 1.29 is 18.1 Å². The van der Waals surface area contributed by atoms with E-state index in [1.807, 2.05) is 37.3 Å². The largest absolute Gasteiger partial charge is 0.348 e. The molecule has 32 heavy (non-hydrogen) atoms. The van der Waals surface area contributed by atoms with Crippen molar-refractivity contribution in [3.63, 3.8) is 0 Å². The molecule has 8 nitrogen and oxygen atoms in total. The quantitative estimate of drug-likeness (QED) is 0.388. The van der Waals surface area contributed by atoms with Gasteiger partial charge in [0.05, 0.1) is 21.5 Å². The molecule has 3 aromatic rings. The summed E-state index contributed by atoms with van der Waals surface area (Å²) >= 11 is 0. The lowest BCUT2D eigenvalue weighted by Crippen LogP contribution is -2.42. The summed E-state index contributed by atoms with van der Waals surface area (Å²) in [5.74, 6) is -0.522. The van der Waals surface area contributed by atoms with E-state index in [2.05, 4.69) is 5.32 Å². The van der Waals surface area contributed by atoms with E-state index in [4.69, 9.17) is 0 Å².